The molecule has 1 aliphatic rings. The van der Waals surface area contributed by atoms with Crippen molar-refractivity contribution < 1.29 is 9.53 Å². The van der Waals surface area contributed by atoms with E-state index in [4.69, 9.17) is 16.3 Å². The summed E-state index contributed by atoms with van der Waals surface area (Å²) in [7, 11) is 0. The second-order valence-corrected chi connectivity index (χ2v) is 3.68. The Labute approximate surface area is 87.8 Å². The third kappa shape index (κ3) is 1.40. The van der Waals surface area contributed by atoms with Crippen molar-refractivity contribution in [1.29, 1.82) is 0 Å². The smallest absolute Gasteiger partial charge is 0.338 e. The SMILES string of the molecule is CCOC(=O)c1ccc(Cl)c2c1CC2. The summed E-state index contributed by atoms with van der Waals surface area (Å²) in [6, 6.07) is 3.52. The molecule has 0 saturated carbocycles. The Morgan fingerprint density at radius 2 is 2.14 bits per heavy atom. The molecule has 0 atom stereocenters. The second kappa shape index (κ2) is 3.62. The maximum atomic E-state index is 11.5. The van der Waals surface area contributed by atoms with Crippen molar-refractivity contribution in [2.24, 2.45) is 0 Å². The van der Waals surface area contributed by atoms with Gasteiger partial charge in [-0.05, 0) is 43.0 Å². The van der Waals surface area contributed by atoms with Crippen molar-refractivity contribution >= 4 is 17.6 Å². The summed E-state index contributed by atoms with van der Waals surface area (Å²) >= 11 is 5.97. The molecule has 0 radical (unpaired) electrons. The summed E-state index contributed by atoms with van der Waals surface area (Å²) in [5.74, 6) is -0.236. The molecule has 0 fully saturated rings. The predicted molar refractivity (Wildman–Crippen MR) is 54.8 cm³/mol. The van der Waals surface area contributed by atoms with Crippen LogP contribution in [0.2, 0.25) is 5.02 Å². The third-order valence-corrected chi connectivity index (χ3v) is 2.85. The maximum absolute atomic E-state index is 11.5. The fourth-order valence-corrected chi connectivity index (χ4v) is 1.97. The average Bonchev–Trinajstić information content (AvgIpc) is 2.08. The molecule has 14 heavy (non-hydrogen) atoms. The van der Waals surface area contributed by atoms with Gasteiger partial charge in [0.15, 0.2) is 0 Å². The summed E-state index contributed by atoms with van der Waals surface area (Å²) in [6.45, 7) is 2.22. The molecule has 0 bridgehead atoms. The van der Waals surface area contributed by atoms with Crippen molar-refractivity contribution in [2.75, 3.05) is 6.61 Å². The van der Waals surface area contributed by atoms with Crippen LogP contribution in [0.1, 0.15) is 28.4 Å². The van der Waals surface area contributed by atoms with E-state index in [9.17, 15) is 4.79 Å². The minimum atomic E-state index is -0.236. The molecule has 1 aromatic rings. The Morgan fingerprint density at radius 3 is 2.71 bits per heavy atom. The van der Waals surface area contributed by atoms with Gasteiger partial charge in [0.25, 0.3) is 0 Å². The number of halogens is 1. The van der Waals surface area contributed by atoms with Crippen LogP contribution in [0, 0.1) is 0 Å². The fraction of sp³-hybridized carbons (Fsp3) is 0.364. The lowest BCUT2D eigenvalue weighted by molar-refractivity contribution is 0.0524. The topological polar surface area (TPSA) is 26.3 Å². The van der Waals surface area contributed by atoms with Crippen LogP contribution in [0.25, 0.3) is 0 Å². The predicted octanol–water partition coefficient (Wildman–Crippen LogP) is 2.62. The normalized spacial score (nSPS) is 13.0. The van der Waals surface area contributed by atoms with Crippen molar-refractivity contribution in [1.82, 2.24) is 0 Å². The van der Waals surface area contributed by atoms with Crippen LogP contribution in [-0.2, 0) is 17.6 Å². The Balaban J connectivity index is 2.36. The zero-order valence-corrected chi connectivity index (χ0v) is 8.73. The Hall–Kier alpha value is -1.02. The number of carbonyl (C=O) groups excluding carboxylic acids is 1. The van der Waals surface area contributed by atoms with Gasteiger partial charge >= 0.3 is 5.97 Å². The summed E-state index contributed by atoms with van der Waals surface area (Å²) in [6.07, 6.45) is 1.91. The second-order valence-electron chi connectivity index (χ2n) is 3.27. The van der Waals surface area contributed by atoms with Gasteiger partial charge in [0.05, 0.1) is 12.2 Å². The molecule has 0 unspecified atom stereocenters. The van der Waals surface area contributed by atoms with Gasteiger partial charge in [0.1, 0.15) is 0 Å². The first-order valence-electron chi connectivity index (χ1n) is 4.71. The van der Waals surface area contributed by atoms with Crippen LogP contribution >= 0.6 is 11.6 Å². The van der Waals surface area contributed by atoms with E-state index in [1.807, 2.05) is 0 Å². The molecule has 0 aromatic heterocycles. The molecule has 3 heteroatoms. The lowest BCUT2D eigenvalue weighted by atomic mass is 9.85. The largest absolute Gasteiger partial charge is 0.462 e. The molecule has 2 nitrogen and oxygen atoms in total. The lowest BCUT2D eigenvalue weighted by Gasteiger charge is -2.22. The summed E-state index contributed by atoms with van der Waals surface area (Å²) < 4.78 is 4.96. The van der Waals surface area contributed by atoms with Crippen LogP contribution in [0.3, 0.4) is 0 Å². The number of esters is 1. The number of ether oxygens (including phenoxy) is 1. The van der Waals surface area contributed by atoms with Gasteiger partial charge < -0.3 is 4.74 Å². The van der Waals surface area contributed by atoms with E-state index in [2.05, 4.69) is 0 Å². The molecule has 1 aliphatic carbocycles. The van der Waals surface area contributed by atoms with Crippen LogP contribution < -0.4 is 0 Å². The highest BCUT2D eigenvalue weighted by molar-refractivity contribution is 6.31. The fourth-order valence-electron chi connectivity index (χ4n) is 1.69. The van der Waals surface area contributed by atoms with Crippen LogP contribution in [0.4, 0.5) is 0 Å². The molecule has 0 heterocycles. The molecule has 1 aromatic carbocycles. The summed E-state index contributed by atoms with van der Waals surface area (Å²) in [4.78, 5) is 11.5. The van der Waals surface area contributed by atoms with Crippen molar-refractivity contribution in [3.63, 3.8) is 0 Å². The van der Waals surface area contributed by atoms with Crippen molar-refractivity contribution in [2.45, 2.75) is 19.8 Å². The minimum absolute atomic E-state index is 0.236. The zero-order chi connectivity index (χ0) is 10.1. The first-order valence-corrected chi connectivity index (χ1v) is 5.09. The van der Waals surface area contributed by atoms with E-state index < -0.39 is 0 Å². The number of benzene rings is 1. The monoisotopic (exact) mass is 210 g/mol. The molecular weight excluding hydrogens is 200 g/mol. The van der Waals surface area contributed by atoms with E-state index in [-0.39, 0.29) is 5.97 Å². The summed E-state index contributed by atoms with van der Waals surface area (Å²) in [5, 5.41) is 0.763. The van der Waals surface area contributed by atoms with Gasteiger partial charge in [-0.1, -0.05) is 11.6 Å². The number of carbonyl (C=O) groups is 1. The lowest BCUT2D eigenvalue weighted by Crippen LogP contribution is -2.17. The molecule has 2 rings (SSSR count). The maximum Gasteiger partial charge on any atom is 0.338 e. The number of fused-ring (bicyclic) bond motifs is 1. The van der Waals surface area contributed by atoms with E-state index in [1.54, 1.807) is 19.1 Å². The van der Waals surface area contributed by atoms with Gasteiger partial charge in [-0.15, -0.1) is 0 Å². The first-order chi connectivity index (χ1) is 6.74. The van der Waals surface area contributed by atoms with Crippen LogP contribution in [0.5, 0.6) is 0 Å². The van der Waals surface area contributed by atoms with E-state index in [0.29, 0.717) is 12.2 Å². The van der Waals surface area contributed by atoms with Crippen LogP contribution in [-0.4, -0.2) is 12.6 Å². The molecule has 0 aliphatic heterocycles. The van der Waals surface area contributed by atoms with Gasteiger partial charge in [0, 0.05) is 5.02 Å². The summed E-state index contributed by atoms with van der Waals surface area (Å²) in [5.41, 5.74) is 2.85. The van der Waals surface area contributed by atoms with Gasteiger partial charge in [-0.25, -0.2) is 4.79 Å². The molecule has 0 amide bonds. The highest BCUT2D eigenvalue weighted by atomic mass is 35.5. The van der Waals surface area contributed by atoms with Crippen molar-refractivity contribution in [3.8, 4) is 0 Å². The van der Waals surface area contributed by atoms with Gasteiger partial charge in [-0.3, -0.25) is 0 Å². The zero-order valence-electron chi connectivity index (χ0n) is 7.97. The first kappa shape index (κ1) is 9.53. The van der Waals surface area contributed by atoms with E-state index >= 15 is 0 Å². The number of hydrogen-bond acceptors (Lipinski definition) is 2. The quantitative estimate of drug-likeness (QED) is 0.702. The molecule has 74 valence electrons. The average molecular weight is 211 g/mol. The van der Waals surface area contributed by atoms with Crippen LogP contribution in [0.15, 0.2) is 12.1 Å². The Bertz CT molecular complexity index is 385. The Kier molecular flexibility index (Phi) is 2.46. The highest BCUT2D eigenvalue weighted by Crippen LogP contribution is 2.33. The number of rotatable bonds is 2. The highest BCUT2D eigenvalue weighted by Gasteiger charge is 2.23. The number of hydrogen-bond donors (Lipinski definition) is 0. The van der Waals surface area contributed by atoms with E-state index in [0.717, 1.165) is 29.0 Å². The van der Waals surface area contributed by atoms with Gasteiger partial charge in [0.2, 0.25) is 0 Å². The standard InChI is InChI=1S/C11H11ClO2/c1-2-14-11(13)9-5-6-10(12)8-4-3-7(8)9/h5-6H,2-4H2,1H3. The van der Waals surface area contributed by atoms with Gasteiger partial charge in [-0.2, -0.15) is 0 Å². The van der Waals surface area contributed by atoms with Crippen molar-refractivity contribution in [3.05, 3.63) is 33.8 Å². The third-order valence-electron chi connectivity index (χ3n) is 2.49. The molecular formula is C11H11ClO2. The minimum Gasteiger partial charge on any atom is -0.462 e. The molecule has 0 spiro atoms. The molecule has 0 saturated heterocycles. The Morgan fingerprint density at radius 1 is 1.43 bits per heavy atom. The van der Waals surface area contributed by atoms with E-state index in [1.165, 1.54) is 0 Å². The molecule has 0 N–H and O–H groups in total.